The number of ether oxygens (including phenoxy) is 1. The van der Waals surface area contributed by atoms with Crippen LogP contribution in [-0.4, -0.2) is 30.1 Å². The summed E-state index contributed by atoms with van der Waals surface area (Å²) < 4.78 is 5.02. The summed E-state index contributed by atoms with van der Waals surface area (Å²) in [6.45, 7) is 4.23. The Bertz CT molecular complexity index is 176. The lowest BCUT2D eigenvalue weighted by atomic mass is 10.0. The number of carbonyl (C=O) groups is 2. The van der Waals surface area contributed by atoms with Crippen molar-refractivity contribution in [1.82, 2.24) is 0 Å². The highest BCUT2D eigenvalue weighted by atomic mass is 16.5. The molecule has 0 aliphatic carbocycles. The van der Waals surface area contributed by atoms with Crippen LogP contribution in [0, 0.1) is 5.92 Å². The lowest BCUT2D eigenvalue weighted by molar-refractivity contribution is -0.144. The van der Waals surface area contributed by atoms with E-state index in [-0.39, 0.29) is 12.2 Å². The molecule has 76 valence electrons. The third-order valence-corrected chi connectivity index (χ3v) is 1.70. The standard InChI is InChI=1S/C9H16O4/c1-3-13-5-4-8(9(11)12)6-7(2)10/h8H,3-6H2,1-2H3,(H,11,12). The molecule has 0 spiro atoms. The molecule has 0 amide bonds. The van der Waals surface area contributed by atoms with Crippen LogP contribution < -0.4 is 0 Å². The summed E-state index contributed by atoms with van der Waals surface area (Å²) in [5, 5.41) is 8.71. The van der Waals surface area contributed by atoms with Crippen LogP contribution in [0.4, 0.5) is 0 Å². The van der Waals surface area contributed by atoms with Crippen molar-refractivity contribution in [2.75, 3.05) is 13.2 Å². The number of ketones is 1. The van der Waals surface area contributed by atoms with E-state index >= 15 is 0 Å². The average molecular weight is 188 g/mol. The van der Waals surface area contributed by atoms with Crippen molar-refractivity contribution in [3.8, 4) is 0 Å². The number of hydrogen-bond donors (Lipinski definition) is 1. The van der Waals surface area contributed by atoms with Crippen molar-refractivity contribution in [2.45, 2.75) is 26.7 Å². The lowest BCUT2D eigenvalue weighted by Crippen LogP contribution is -2.18. The number of carboxylic acid groups (broad SMARTS) is 1. The maximum absolute atomic E-state index is 10.7. The van der Waals surface area contributed by atoms with Gasteiger partial charge in [0.1, 0.15) is 5.78 Å². The maximum Gasteiger partial charge on any atom is 0.307 e. The van der Waals surface area contributed by atoms with Crippen molar-refractivity contribution in [3.05, 3.63) is 0 Å². The zero-order chi connectivity index (χ0) is 10.3. The molecule has 4 heteroatoms. The van der Waals surface area contributed by atoms with Gasteiger partial charge in [-0.25, -0.2) is 0 Å². The minimum absolute atomic E-state index is 0.0936. The smallest absolute Gasteiger partial charge is 0.307 e. The van der Waals surface area contributed by atoms with Crippen LogP contribution in [0.5, 0.6) is 0 Å². The fourth-order valence-electron chi connectivity index (χ4n) is 1.03. The SMILES string of the molecule is CCOCCC(CC(C)=O)C(=O)O. The van der Waals surface area contributed by atoms with Crippen LogP contribution in [0.2, 0.25) is 0 Å². The molecule has 0 aromatic heterocycles. The van der Waals surface area contributed by atoms with E-state index < -0.39 is 11.9 Å². The summed E-state index contributed by atoms with van der Waals surface area (Å²) in [7, 11) is 0. The molecule has 1 N–H and O–H groups in total. The first-order chi connectivity index (χ1) is 6.07. The van der Waals surface area contributed by atoms with Crippen molar-refractivity contribution in [1.29, 1.82) is 0 Å². The van der Waals surface area contributed by atoms with Gasteiger partial charge in [0.15, 0.2) is 0 Å². The highest BCUT2D eigenvalue weighted by molar-refractivity contribution is 5.81. The second kappa shape index (κ2) is 6.60. The lowest BCUT2D eigenvalue weighted by Gasteiger charge is -2.09. The molecule has 0 aromatic rings. The van der Waals surface area contributed by atoms with Gasteiger partial charge in [-0.05, 0) is 20.3 Å². The van der Waals surface area contributed by atoms with Crippen molar-refractivity contribution in [3.63, 3.8) is 0 Å². The summed E-state index contributed by atoms with van der Waals surface area (Å²) in [5.41, 5.74) is 0. The van der Waals surface area contributed by atoms with Gasteiger partial charge >= 0.3 is 5.97 Å². The summed E-state index contributed by atoms with van der Waals surface area (Å²) >= 11 is 0. The van der Waals surface area contributed by atoms with Gasteiger partial charge in [0.2, 0.25) is 0 Å². The largest absolute Gasteiger partial charge is 0.481 e. The summed E-state index contributed by atoms with van der Waals surface area (Å²) in [5.74, 6) is -1.61. The predicted molar refractivity (Wildman–Crippen MR) is 47.5 cm³/mol. The van der Waals surface area contributed by atoms with Gasteiger partial charge in [0.05, 0.1) is 5.92 Å². The first-order valence-electron chi connectivity index (χ1n) is 4.38. The molecule has 0 saturated carbocycles. The van der Waals surface area contributed by atoms with Gasteiger partial charge in [-0.15, -0.1) is 0 Å². The second-order valence-corrected chi connectivity index (χ2v) is 2.93. The molecule has 0 fully saturated rings. The van der Waals surface area contributed by atoms with E-state index in [9.17, 15) is 9.59 Å². The van der Waals surface area contributed by atoms with Gasteiger partial charge in [-0.3, -0.25) is 4.79 Å². The molecule has 1 unspecified atom stereocenters. The molecule has 0 radical (unpaired) electrons. The Kier molecular flexibility index (Phi) is 6.14. The second-order valence-electron chi connectivity index (χ2n) is 2.93. The molecule has 4 nitrogen and oxygen atoms in total. The first kappa shape index (κ1) is 12.1. The number of carboxylic acids is 1. The van der Waals surface area contributed by atoms with E-state index in [2.05, 4.69) is 0 Å². The van der Waals surface area contributed by atoms with Gasteiger partial charge in [0, 0.05) is 19.6 Å². The maximum atomic E-state index is 10.7. The molecule has 13 heavy (non-hydrogen) atoms. The minimum Gasteiger partial charge on any atom is -0.481 e. The van der Waals surface area contributed by atoms with Crippen LogP contribution in [0.1, 0.15) is 26.7 Å². The molecular weight excluding hydrogens is 172 g/mol. The Morgan fingerprint density at radius 1 is 1.46 bits per heavy atom. The number of rotatable bonds is 7. The molecule has 0 rings (SSSR count). The Labute approximate surface area is 77.9 Å². The normalized spacial score (nSPS) is 12.5. The molecule has 0 bridgehead atoms. The van der Waals surface area contributed by atoms with E-state index in [1.165, 1.54) is 6.92 Å². The molecule has 1 atom stereocenters. The summed E-state index contributed by atoms with van der Waals surface area (Å²) in [4.78, 5) is 21.3. The number of aliphatic carboxylic acids is 1. The van der Waals surface area contributed by atoms with Gasteiger partial charge in [-0.2, -0.15) is 0 Å². The Morgan fingerprint density at radius 3 is 2.46 bits per heavy atom. The van der Waals surface area contributed by atoms with Gasteiger partial charge in [-0.1, -0.05) is 0 Å². The van der Waals surface area contributed by atoms with Crippen LogP contribution in [-0.2, 0) is 14.3 Å². The Hall–Kier alpha value is -0.900. The van der Waals surface area contributed by atoms with E-state index in [0.29, 0.717) is 19.6 Å². The molecule has 0 heterocycles. The van der Waals surface area contributed by atoms with E-state index in [4.69, 9.17) is 9.84 Å². The van der Waals surface area contributed by atoms with Gasteiger partial charge in [0.25, 0.3) is 0 Å². The minimum atomic E-state index is -0.921. The summed E-state index contributed by atoms with van der Waals surface area (Å²) in [6.07, 6.45) is 0.505. The van der Waals surface area contributed by atoms with Gasteiger partial charge < -0.3 is 14.6 Å². The Morgan fingerprint density at radius 2 is 2.08 bits per heavy atom. The van der Waals surface area contributed by atoms with Crippen molar-refractivity contribution >= 4 is 11.8 Å². The van der Waals surface area contributed by atoms with Crippen LogP contribution >= 0.6 is 0 Å². The van der Waals surface area contributed by atoms with E-state index in [0.717, 1.165) is 0 Å². The molecule has 0 aliphatic rings. The third-order valence-electron chi connectivity index (χ3n) is 1.70. The number of hydrogen-bond acceptors (Lipinski definition) is 3. The average Bonchev–Trinajstić information content (AvgIpc) is 2.02. The number of carbonyl (C=O) groups excluding carboxylic acids is 1. The zero-order valence-electron chi connectivity index (χ0n) is 8.08. The highest BCUT2D eigenvalue weighted by Gasteiger charge is 2.18. The first-order valence-corrected chi connectivity index (χ1v) is 4.38. The topological polar surface area (TPSA) is 63.6 Å². The molecule has 0 saturated heterocycles. The van der Waals surface area contributed by atoms with Crippen LogP contribution in [0.25, 0.3) is 0 Å². The fraction of sp³-hybridized carbons (Fsp3) is 0.778. The fourth-order valence-corrected chi connectivity index (χ4v) is 1.03. The molecule has 0 aromatic carbocycles. The number of Topliss-reactive ketones (excluding diaryl/α,β-unsaturated/α-hetero) is 1. The van der Waals surface area contributed by atoms with Crippen LogP contribution in [0.3, 0.4) is 0 Å². The molecule has 0 aliphatic heterocycles. The highest BCUT2D eigenvalue weighted by Crippen LogP contribution is 2.09. The monoisotopic (exact) mass is 188 g/mol. The zero-order valence-corrected chi connectivity index (χ0v) is 8.08. The van der Waals surface area contributed by atoms with Crippen molar-refractivity contribution in [2.24, 2.45) is 5.92 Å². The van der Waals surface area contributed by atoms with E-state index in [1.54, 1.807) is 0 Å². The quantitative estimate of drug-likeness (QED) is 0.607. The predicted octanol–water partition coefficient (Wildman–Crippen LogP) is 1.09. The van der Waals surface area contributed by atoms with Crippen molar-refractivity contribution < 1.29 is 19.4 Å². The third kappa shape index (κ3) is 6.28. The van der Waals surface area contributed by atoms with Crippen LogP contribution in [0.15, 0.2) is 0 Å². The van der Waals surface area contributed by atoms with E-state index in [1.807, 2.05) is 6.92 Å². The molecular formula is C9H16O4. The summed E-state index contributed by atoms with van der Waals surface area (Å²) in [6, 6.07) is 0. The Balaban J connectivity index is 3.81.